The molecule has 0 bridgehead atoms. The quantitative estimate of drug-likeness (QED) is 0.648. The summed E-state index contributed by atoms with van der Waals surface area (Å²) in [6.07, 6.45) is 2.44. The topological polar surface area (TPSA) is 32.8 Å². The lowest BCUT2D eigenvalue weighted by atomic mass is 10.1. The Bertz CT molecular complexity index is 236. The molecule has 1 heterocycles. The molecule has 0 radical (unpaired) electrons. The molecule has 1 rings (SSSR count). The molecule has 0 amide bonds. The molecular formula is C14H28N2O2. The summed E-state index contributed by atoms with van der Waals surface area (Å²) in [6.45, 7) is 10.4. The normalized spacial score (nSPS) is 18.2. The number of likely N-dealkylation sites (N-methyl/N-ethyl adjacent to an activating group) is 1. The highest BCUT2D eigenvalue weighted by atomic mass is 16.5. The van der Waals surface area contributed by atoms with Crippen LogP contribution in [0.25, 0.3) is 0 Å². The van der Waals surface area contributed by atoms with Crippen molar-refractivity contribution >= 4 is 5.97 Å². The van der Waals surface area contributed by atoms with Gasteiger partial charge < -0.3 is 14.5 Å². The van der Waals surface area contributed by atoms with Crippen molar-refractivity contribution < 1.29 is 9.53 Å². The molecule has 0 aromatic carbocycles. The van der Waals surface area contributed by atoms with Crippen molar-refractivity contribution in [2.45, 2.75) is 33.1 Å². The Labute approximate surface area is 111 Å². The summed E-state index contributed by atoms with van der Waals surface area (Å²) in [5.74, 6) is 0.563. The lowest BCUT2D eigenvalue weighted by Crippen LogP contribution is -2.44. The van der Waals surface area contributed by atoms with Gasteiger partial charge in [-0.1, -0.05) is 13.8 Å². The fourth-order valence-electron chi connectivity index (χ4n) is 2.00. The van der Waals surface area contributed by atoms with Gasteiger partial charge in [-0.3, -0.25) is 4.79 Å². The minimum Gasteiger partial charge on any atom is -0.466 e. The SMILES string of the molecule is CC(C)CCOC(=O)CCCN1CCN(C)CC1. The van der Waals surface area contributed by atoms with E-state index in [0.717, 1.165) is 45.6 Å². The minimum atomic E-state index is -0.0372. The Morgan fingerprint density at radius 2 is 1.89 bits per heavy atom. The molecule has 0 aromatic rings. The highest BCUT2D eigenvalue weighted by molar-refractivity contribution is 5.69. The van der Waals surface area contributed by atoms with Crippen LogP contribution in [0.2, 0.25) is 0 Å². The number of esters is 1. The second kappa shape index (κ2) is 8.48. The molecule has 1 saturated heterocycles. The van der Waals surface area contributed by atoms with Crippen molar-refractivity contribution in [3.05, 3.63) is 0 Å². The average Bonchev–Trinajstić information content (AvgIpc) is 2.31. The number of rotatable bonds is 7. The molecule has 4 heteroatoms. The molecular weight excluding hydrogens is 228 g/mol. The average molecular weight is 256 g/mol. The van der Waals surface area contributed by atoms with Crippen LogP contribution in [0, 0.1) is 5.92 Å². The van der Waals surface area contributed by atoms with Crippen molar-refractivity contribution in [3.63, 3.8) is 0 Å². The number of carbonyl (C=O) groups excluding carboxylic acids is 1. The number of carbonyl (C=O) groups is 1. The summed E-state index contributed by atoms with van der Waals surface area (Å²) in [6, 6.07) is 0. The maximum absolute atomic E-state index is 11.5. The molecule has 0 saturated carbocycles. The molecule has 0 N–H and O–H groups in total. The third kappa shape index (κ3) is 6.97. The van der Waals surface area contributed by atoms with E-state index in [2.05, 4.69) is 30.7 Å². The van der Waals surface area contributed by atoms with Crippen LogP contribution in [0.1, 0.15) is 33.1 Å². The van der Waals surface area contributed by atoms with Crippen LogP contribution in [0.3, 0.4) is 0 Å². The van der Waals surface area contributed by atoms with E-state index in [1.165, 1.54) is 0 Å². The lowest BCUT2D eigenvalue weighted by Gasteiger charge is -2.32. The van der Waals surface area contributed by atoms with E-state index in [-0.39, 0.29) is 5.97 Å². The first-order valence-electron chi connectivity index (χ1n) is 7.14. The van der Waals surface area contributed by atoms with Crippen molar-refractivity contribution in [1.82, 2.24) is 9.80 Å². The van der Waals surface area contributed by atoms with E-state index >= 15 is 0 Å². The fraction of sp³-hybridized carbons (Fsp3) is 0.929. The summed E-state index contributed by atoms with van der Waals surface area (Å²) < 4.78 is 5.19. The summed E-state index contributed by atoms with van der Waals surface area (Å²) in [5, 5.41) is 0. The zero-order valence-corrected chi connectivity index (χ0v) is 12.2. The molecule has 1 aliphatic heterocycles. The third-order valence-electron chi connectivity index (χ3n) is 3.41. The number of hydrogen-bond donors (Lipinski definition) is 0. The Hall–Kier alpha value is -0.610. The van der Waals surface area contributed by atoms with Gasteiger partial charge in [-0.25, -0.2) is 0 Å². The van der Waals surface area contributed by atoms with Crippen LogP contribution in [-0.4, -0.2) is 62.1 Å². The second-order valence-corrected chi connectivity index (χ2v) is 5.65. The van der Waals surface area contributed by atoms with Gasteiger partial charge in [-0.15, -0.1) is 0 Å². The zero-order chi connectivity index (χ0) is 13.4. The molecule has 0 aliphatic carbocycles. The Morgan fingerprint density at radius 3 is 2.50 bits per heavy atom. The minimum absolute atomic E-state index is 0.0372. The van der Waals surface area contributed by atoms with Crippen LogP contribution in [0.5, 0.6) is 0 Å². The van der Waals surface area contributed by atoms with Gasteiger partial charge in [-0.2, -0.15) is 0 Å². The van der Waals surface area contributed by atoms with Crippen molar-refractivity contribution in [3.8, 4) is 0 Å². The van der Waals surface area contributed by atoms with Gasteiger partial charge in [0.05, 0.1) is 6.61 Å². The molecule has 1 aliphatic rings. The van der Waals surface area contributed by atoms with Crippen LogP contribution in [0.4, 0.5) is 0 Å². The lowest BCUT2D eigenvalue weighted by molar-refractivity contribution is -0.144. The Morgan fingerprint density at radius 1 is 1.22 bits per heavy atom. The molecule has 0 unspecified atom stereocenters. The van der Waals surface area contributed by atoms with E-state index < -0.39 is 0 Å². The number of ether oxygens (including phenoxy) is 1. The summed E-state index contributed by atoms with van der Waals surface area (Å²) >= 11 is 0. The van der Waals surface area contributed by atoms with Gasteiger partial charge in [0.15, 0.2) is 0 Å². The summed E-state index contributed by atoms with van der Waals surface area (Å²) in [5.41, 5.74) is 0. The number of piperazine rings is 1. The number of nitrogens with zero attached hydrogens (tertiary/aromatic N) is 2. The van der Waals surface area contributed by atoms with Crippen LogP contribution in [0.15, 0.2) is 0 Å². The van der Waals surface area contributed by atoms with Crippen molar-refractivity contribution in [1.29, 1.82) is 0 Å². The van der Waals surface area contributed by atoms with E-state index in [0.29, 0.717) is 18.9 Å². The molecule has 106 valence electrons. The smallest absolute Gasteiger partial charge is 0.305 e. The first-order valence-corrected chi connectivity index (χ1v) is 7.14. The fourth-order valence-corrected chi connectivity index (χ4v) is 2.00. The largest absolute Gasteiger partial charge is 0.466 e. The molecule has 0 atom stereocenters. The zero-order valence-electron chi connectivity index (χ0n) is 12.2. The maximum atomic E-state index is 11.5. The number of hydrogen-bond acceptors (Lipinski definition) is 4. The monoisotopic (exact) mass is 256 g/mol. The van der Waals surface area contributed by atoms with Crippen molar-refractivity contribution in [2.75, 3.05) is 46.4 Å². The first-order chi connectivity index (χ1) is 8.58. The molecule has 4 nitrogen and oxygen atoms in total. The van der Waals surface area contributed by atoms with Gasteiger partial charge in [0.25, 0.3) is 0 Å². The van der Waals surface area contributed by atoms with Gasteiger partial charge in [-0.05, 0) is 32.4 Å². The van der Waals surface area contributed by atoms with E-state index in [4.69, 9.17) is 4.74 Å². The van der Waals surface area contributed by atoms with Gasteiger partial charge in [0.1, 0.15) is 0 Å². The van der Waals surface area contributed by atoms with Gasteiger partial charge in [0.2, 0.25) is 0 Å². The highest BCUT2D eigenvalue weighted by Gasteiger charge is 2.13. The van der Waals surface area contributed by atoms with Crippen LogP contribution < -0.4 is 0 Å². The van der Waals surface area contributed by atoms with E-state index in [9.17, 15) is 4.79 Å². The maximum Gasteiger partial charge on any atom is 0.305 e. The van der Waals surface area contributed by atoms with E-state index in [1.807, 2.05) is 0 Å². The molecule has 0 aromatic heterocycles. The van der Waals surface area contributed by atoms with Gasteiger partial charge >= 0.3 is 5.97 Å². The molecule has 0 spiro atoms. The third-order valence-corrected chi connectivity index (χ3v) is 3.41. The van der Waals surface area contributed by atoms with Crippen molar-refractivity contribution in [2.24, 2.45) is 5.92 Å². The summed E-state index contributed by atoms with van der Waals surface area (Å²) in [4.78, 5) is 16.2. The Balaban J connectivity index is 1.98. The van der Waals surface area contributed by atoms with Gasteiger partial charge in [0, 0.05) is 32.6 Å². The predicted octanol–water partition coefficient (Wildman–Crippen LogP) is 1.60. The first kappa shape index (κ1) is 15.4. The predicted molar refractivity (Wildman–Crippen MR) is 73.6 cm³/mol. The van der Waals surface area contributed by atoms with Crippen LogP contribution in [-0.2, 0) is 9.53 Å². The molecule has 18 heavy (non-hydrogen) atoms. The highest BCUT2D eigenvalue weighted by Crippen LogP contribution is 2.04. The van der Waals surface area contributed by atoms with Crippen LogP contribution >= 0.6 is 0 Å². The molecule has 1 fully saturated rings. The standard InChI is InChI=1S/C14H28N2O2/c1-13(2)6-12-18-14(17)5-4-7-16-10-8-15(3)9-11-16/h13H,4-12H2,1-3H3. The van der Waals surface area contributed by atoms with E-state index in [1.54, 1.807) is 0 Å². The second-order valence-electron chi connectivity index (χ2n) is 5.65. The Kier molecular flexibility index (Phi) is 7.28. The summed E-state index contributed by atoms with van der Waals surface area (Å²) in [7, 11) is 2.16.